The highest BCUT2D eigenvalue weighted by Gasteiger charge is 2.38. The summed E-state index contributed by atoms with van der Waals surface area (Å²) in [6.07, 6.45) is -0.425. The van der Waals surface area contributed by atoms with E-state index in [-0.39, 0.29) is 18.7 Å². The molecule has 21 heavy (non-hydrogen) atoms. The minimum absolute atomic E-state index is 0.182. The molecule has 0 saturated heterocycles. The van der Waals surface area contributed by atoms with Crippen molar-refractivity contribution in [2.24, 2.45) is 0 Å². The molecule has 0 aromatic heterocycles. The van der Waals surface area contributed by atoms with E-state index in [0.29, 0.717) is 10.2 Å². The van der Waals surface area contributed by atoms with Crippen LogP contribution in [-0.4, -0.2) is 36.6 Å². The molecule has 1 aromatic rings. The van der Waals surface area contributed by atoms with Gasteiger partial charge in [-0.3, -0.25) is 24.1 Å². The second-order valence-electron chi connectivity index (χ2n) is 4.38. The lowest BCUT2D eigenvalue weighted by Crippen LogP contribution is -2.35. The third kappa shape index (κ3) is 3.02. The standard InChI is InChI=1S/C14H12BrNO5/c1-2-21-11(18)6-8(17)7-16-12-9(13(19)14(16)20)4-3-5-10(12)15/h3-5H,2,6-7H2,1H3. The molecule has 0 aliphatic carbocycles. The van der Waals surface area contributed by atoms with Gasteiger partial charge in [-0.25, -0.2) is 0 Å². The van der Waals surface area contributed by atoms with Crippen LogP contribution in [0.1, 0.15) is 23.7 Å². The average molecular weight is 354 g/mol. The van der Waals surface area contributed by atoms with Crippen LogP contribution < -0.4 is 4.90 Å². The van der Waals surface area contributed by atoms with Gasteiger partial charge >= 0.3 is 5.97 Å². The number of rotatable bonds is 5. The van der Waals surface area contributed by atoms with Crippen LogP contribution in [-0.2, 0) is 19.1 Å². The number of amides is 1. The van der Waals surface area contributed by atoms with Crippen molar-refractivity contribution < 1.29 is 23.9 Å². The normalized spacial score (nSPS) is 13.3. The molecule has 0 fully saturated rings. The van der Waals surface area contributed by atoms with Crippen LogP contribution in [0.2, 0.25) is 0 Å². The van der Waals surface area contributed by atoms with Gasteiger partial charge in [0.2, 0.25) is 0 Å². The maximum absolute atomic E-state index is 11.9. The van der Waals surface area contributed by atoms with Crippen molar-refractivity contribution in [1.29, 1.82) is 0 Å². The number of halogens is 1. The van der Waals surface area contributed by atoms with Gasteiger partial charge in [0.05, 0.1) is 24.4 Å². The number of benzene rings is 1. The van der Waals surface area contributed by atoms with E-state index in [0.717, 1.165) is 4.90 Å². The minimum atomic E-state index is -0.769. The Morgan fingerprint density at radius 3 is 2.67 bits per heavy atom. The van der Waals surface area contributed by atoms with Crippen LogP contribution in [0.15, 0.2) is 22.7 Å². The van der Waals surface area contributed by atoms with Crippen LogP contribution in [0.25, 0.3) is 0 Å². The topological polar surface area (TPSA) is 80.8 Å². The fourth-order valence-electron chi connectivity index (χ4n) is 2.07. The zero-order valence-electron chi connectivity index (χ0n) is 11.2. The number of anilines is 1. The number of esters is 1. The molecule has 0 bridgehead atoms. The number of hydrogen-bond acceptors (Lipinski definition) is 5. The Hall–Kier alpha value is -2.02. The summed E-state index contributed by atoms with van der Waals surface area (Å²) in [5, 5.41) is 0. The Kier molecular flexibility index (Phi) is 4.52. The molecule has 0 radical (unpaired) electrons. The van der Waals surface area contributed by atoms with Crippen LogP contribution in [0.4, 0.5) is 5.69 Å². The first kappa shape index (κ1) is 15.4. The molecule has 0 unspecified atom stereocenters. The lowest BCUT2D eigenvalue weighted by molar-refractivity contribution is -0.145. The molecular weight excluding hydrogens is 342 g/mol. The van der Waals surface area contributed by atoms with Crippen LogP contribution >= 0.6 is 15.9 Å². The molecule has 0 N–H and O–H groups in total. The number of carbonyl (C=O) groups is 4. The molecule has 1 amide bonds. The average Bonchev–Trinajstić information content (AvgIpc) is 2.65. The maximum atomic E-state index is 11.9. The van der Waals surface area contributed by atoms with E-state index < -0.39 is 29.9 Å². The molecule has 0 atom stereocenters. The number of hydrogen-bond donors (Lipinski definition) is 0. The van der Waals surface area contributed by atoms with Gasteiger partial charge in [0.1, 0.15) is 6.42 Å². The molecule has 6 nitrogen and oxygen atoms in total. The van der Waals surface area contributed by atoms with Crippen molar-refractivity contribution in [2.45, 2.75) is 13.3 Å². The van der Waals surface area contributed by atoms with Gasteiger partial charge in [-0.2, -0.15) is 0 Å². The Balaban J connectivity index is 2.18. The molecule has 1 aromatic carbocycles. The smallest absolute Gasteiger partial charge is 0.313 e. The SMILES string of the molecule is CCOC(=O)CC(=O)CN1C(=O)C(=O)c2cccc(Br)c21. The predicted molar refractivity (Wildman–Crippen MR) is 77.1 cm³/mol. The second-order valence-corrected chi connectivity index (χ2v) is 5.23. The Labute approximate surface area is 129 Å². The lowest BCUT2D eigenvalue weighted by atomic mass is 10.1. The van der Waals surface area contributed by atoms with E-state index in [1.165, 1.54) is 6.07 Å². The summed E-state index contributed by atoms with van der Waals surface area (Å²) in [6.45, 7) is 1.49. The Bertz CT molecular complexity index is 640. The van der Waals surface area contributed by atoms with Crippen molar-refractivity contribution in [1.82, 2.24) is 0 Å². The number of para-hydroxylation sites is 1. The lowest BCUT2D eigenvalue weighted by Gasteiger charge is -2.16. The number of nitrogens with zero attached hydrogens (tertiary/aromatic N) is 1. The van der Waals surface area contributed by atoms with E-state index in [1.54, 1.807) is 19.1 Å². The van der Waals surface area contributed by atoms with Gasteiger partial charge in [-0.05, 0) is 35.0 Å². The van der Waals surface area contributed by atoms with Crippen LogP contribution in [0.3, 0.4) is 0 Å². The Morgan fingerprint density at radius 2 is 2.00 bits per heavy atom. The van der Waals surface area contributed by atoms with Crippen molar-refractivity contribution >= 4 is 45.1 Å². The number of carbonyl (C=O) groups excluding carboxylic acids is 4. The van der Waals surface area contributed by atoms with Gasteiger partial charge in [-0.15, -0.1) is 0 Å². The van der Waals surface area contributed by atoms with Gasteiger partial charge in [0, 0.05) is 4.47 Å². The van der Waals surface area contributed by atoms with Crippen LogP contribution in [0.5, 0.6) is 0 Å². The summed E-state index contributed by atoms with van der Waals surface area (Å²) in [4.78, 5) is 48.0. The van der Waals surface area contributed by atoms with E-state index in [4.69, 9.17) is 0 Å². The zero-order valence-corrected chi connectivity index (χ0v) is 12.8. The van der Waals surface area contributed by atoms with Gasteiger partial charge in [0.25, 0.3) is 11.7 Å². The van der Waals surface area contributed by atoms with E-state index in [9.17, 15) is 19.2 Å². The summed E-state index contributed by atoms with van der Waals surface area (Å²) in [5.74, 6) is -2.56. The molecule has 7 heteroatoms. The first-order valence-corrected chi connectivity index (χ1v) is 7.07. The van der Waals surface area contributed by atoms with Gasteiger partial charge in [0.15, 0.2) is 5.78 Å². The summed E-state index contributed by atoms with van der Waals surface area (Å²) < 4.78 is 5.22. The molecule has 110 valence electrons. The quantitative estimate of drug-likeness (QED) is 0.455. The molecule has 0 spiro atoms. The van der Waals surface area contributed by atoms with Crippen molar-refractivity contribution in [2.75, 3.05) is 18.1 Å². The predicted octanol–water partition coefficient (Wildman–Crippen LogP) is 1.50. The summed E-state index contributed by atoms with van der Waals surface area (Å²) >= 11 is 3.26. The van der Waals surface area contributed by atoms with Crippen molar-refractivity contribution in [3.63, 3.8) is 0 Å². The monoisotopic (exact) mass is 353 g/mol. The largest absolute Gasteiger partial charge is 0.466 e. The van der Waals surface area contributed by atoms with E-state index >= 15 is 0 Å². The van der Waals surface area contributed by atoms with Gasteiger partial charge < -0.3 is 4.74 Å². The molecule has 1 aliphatic rings. The number of ether oxygens (including phenoxy) is 1. The fourth-order valence-corrected chi connectivity index (χ4v) is 2.65. The summed E-state index contributed by atoms with van der Waals surface area (Å²) in [6, 6.07) is 4.84. The van der Waals surface area contributed by atoms with Crippen molar-refractivity contribution in [3.8, 4) is 0 Å². The van der Waals surface area contributed by atoms with E-state index in [1.807, 2.05) is 0 Å². The third-order valence-electron chi connectivity index (χ3n) is 2.92. The number of ketones is 2. The van der Waals surface area contributed by atoms with Gasteiger partial charge in [-0.1, -0.05) is 6.07 Å². The summed E-state index contributed by atoms with van der Waals surface area (Å²) in [5.41, 5.74) is 0.614. The molecule has 1 aliphatic heterocycles. The third-order valence-corrected chi connectivity index (χ3v) is 3.56. The molecule has 2 rings (SSSR count). The van der Waals surface area contributed by atoms with Crippen LogP contribution in [0, 0.1) is 0 Å². The highest BCUT2D eigenvalue weighted by atomic mass is 79.9. The molecular formula is C14H12BrNO5. The molecule has 0 saturated carbocycles. The minimum Gasteiger partial charge on any atom is -0.466 e. The van der Waals surface area contributed by atoms with E-state index in [2.05, 4.69) is 20.7 Å². The van der Waals surface area contributed by atoms with Crippen molar-refractivity contribution in [3.05, 3.63) is 28.2 Å². The highest BCUT2D eigenvalue weighted by Crippen LogP contribution is 2.35. The maximum Gasteiger partial charge on any atom is 0.313 e. The number of fused-ring (bicyclic) bond motifs is 1. The first-order valence-electron chi connectivity index (χ1n) is 6.27. The number of Topliss-reactive ketones (excluding diaryl/α,β-unsaturated/α-hetero) is 2. The first-order chi connectivity index (χ1) is 9.95. The second kappa shape index (κ2) is 6.17. The zero-order chi connectivity index (χ0) is 15.6. The molecule has 1 heterocycles. The highest BCUT2D eigenvalue weighted by molar-refractivity contribution is 9.10. The Morgan fingerprint density at radius 1 is 1.29 bits per heavy atom. The fraction of sp³-hybridized carbons (Fsp3) is 0.286. The summed E-state index contributed by atoms with van der Waals surface area (Å²) in [7, 11) is 0.